The Morgan fingerprint density at radius 2 is 2.08 bits per heavy atom. The summed E-state index contributed by atoms with van der Waals surface area (Å²) >= 11 is 6.77. The molecule has 0 saturated heterocycles. The molecular weight excluding hydrogens is 284 g/mol. The lowest BCUT2D eigenvalue weighted by molar-refractivity contribution is 0.322. The van der Waals surface area contributed by atoms with Crippen molar-refractivity contribution >= 4 is 31.9 Å². The quantitative estimate of drug-likeness (QED) is 0.823. The molecule has 65 valence electrons. The van der Waals surface area contributed by atoms with E-state index in [0.717, 1.165) is 21.1 Å². The Balaban J connectivity index is 2.72. The average molecular weight is 293 g/mol. The van der Waals surface area contributed by atoms with Crippen LogP contribution in [0.1, 0.15) is 6.42 Å². The molecule has 0 atom stereocenters. The van der Waals surface area contributed by atoms with Crippen LogP contribution in [0, 0.1) is 6.92 Å². The molecule has 1 aromatic carbocycles. The maximum absolute atomic E-state index is 5.41. The number of rotatable bonds is 3. The average Bonchev–Trinajstić information content (AvgIpc) is 2.03. The molecule has 0 amide bonds. The van der Waals surface area contributed by atoms with Gasteiger partial charge in [0.25, 0.3) is 0 Å². The molecule has 12 heavy (non-hydrogen) atoms. The van der Waals surface area contributed by atoms with Crippen LogP contribution in [0.2, 0.25) is 0 Å². The van der Waals surface area contributed by atoms with Crippen LogP contribution in [0.4, 0.5) is 0 Å². The van der Waals surface area contributed by atoms with E-state index < -0.39 is 0 Å². The first-order chi connectivity index (χ1) is 5.74. The minimum atomic E-state index is 0.653. The Bertz CT molecular complexity index is 261. The van der Waals surface area contributed by atoms with Crippen molar-refractivity contribution in [2.45, 2.75) is 6.42 Å². The Labute approximate surface area is 89.4 Å². The highest BCUT2D eigenvalue weighted by Crippen LogP contribution is 2.28. The minimum Gasteiger partial charge on any atom is -0.492 e. The summed E-state index contributed by atoms with van der Waals surface area (Å²) < 4.78 is 7.41. The molecule has 0 aliphatic rings. The van der Waals surface area contributed by atoms with Gasteiger partial charge in [-0.2, -0.15) is 0 Å². The largest absolute Gasteiger partial charge is 0.492 e. The van der Waals surface area contributed by atoms with Crippen molar-refractivity contribution < 1.29 is 4.74 Å². The smallest absolute Gasteiger partial charge is 0.133 e. The SMILES string of the molecule is [CH2]CCOc1ccc(Br)cc1Br. The van der Waals surface area contributed by atoms with Crippen LogP contribution in [0.3, 0.4) is 0 Å². The third kappa shape index (κ3) is 2.79. The molecule has 0 saturated carbocycles. The molecule has 0 aliphatic heterocycles. The summed E-state index contributed by atoms with van der Waals surface area (Å²) in [5, 5.41) is 0. The molecule has 0 aromatic heterocycles. The van der Waals surface area contributed by atoms with Crippen LogP contribution >= 0.6 is 31.9 Å². The maximum atomic E-state index is 5.41. The van der Waals surface area contributed by atoms with Crippen molar-refractivity contribution in [2.24, 2.45) is 0 Å². The van der Waals surface area contributed by atoms with Gasteiger partial charge in [-0.05, 0) is 47.5 Å². The number of hydrogen-bond acceptors (Lipinski definition) is 1. The Hall–Kier alpha value is -0.0200. The number of halogens is 2. The van der Waals surface area contributed by atoms with Crippen LogP contribution < -0.4 is 4.74 Å². The third-order valence-electron chi connectivity index (χ3n) is 1.30. The molecule has 0 aliphatic carbocycles. The first-order valence-corrected chi connectivity index (χ1v) is 5.19. The zero-order valence-electron chi connectivity index (χ0n) is 6.52. The summed E-state index contributed by atoms with van der Waals surface area (Å²) in [7, 11) is 0. The van der Waals surface area contributed by atoms with Gasteiger partial charge in [-0.1, -0.05) is 15.9 Å². The van der Waals surface area contributed by atoms with E-state index in [0.29, 0.717) is 6.61 Å². The van der Waals surface area contributed by atoms with Gasteiger partial charge in [0, 0.05) is 4.47 Å². The number of ether oxygens (including phenoxy) is 1. The van der Waals surface area contributed by atoms with Gasteiger partial charge in [0.05, 0.1) is 11.1 Å². The van der Waals surface area contributed by atoms with Crippen LogP contribution in [-0.4, -0.2) is 6.61 Å². The van der Waals surface area contributed by atoms with E-state index >= 15 is 0 Å². The summed E-state index contributed by atoms with van der Waals surface area (Å²) in [6, 6.07) is 5.82. The molecule has 0 heterocycles. The second kappa shape index (κ2) is 4.87. The zero-order valence-corrected chi connectivity index (χ0v) is 9.69. The van der Waals surface area contributed by atoms with Gasteiger partial charge in [-0.15, -0.1) is 0 Å². The van der Waals surface area contributed by atoms with Gasteiger partial charge in [0.2, 0.25) is 0 Å². The fraction of sp³-hybridized carbons (Fsp3) is 0.222. The van der Waals surface area contributed by atoms with Crippen LogP contribution in [-0.2, 0) is 0 Å². The molecule has 1 rings (SSSR count). The van der Waals surface area contributed by atoms with Crippen molar-refractivity contribution in [3.63, 3.8) is 0 Å². The second-order valence-electron chi connectivity index (χ2n) is 2.28. The van der Waals surface area contributed by atoms with Gasteiger partial charge in [0.1, 0.15) is 5.75 Å². The van der Waals surface area contributed by atoms with Gasteiger partial charge in [0.15, 0.2) is 0 Å². The molecule has 1 radical (unpaired) electrons. The van der Waals surface area contributed by atoms with Crippen molar-refractivity contribution in [1.29, 1.82) is 0 Å². The molecular formula is C9H9Br2O. The fourth-order valence-corrected chi connectivity index (χ4v) is 1.94. The molecule has 0 fully saturated rings. The van der Waals surface area contributed by atoms with E-state index in [-0.39, 0.29) is 0 Å². The predicted molar refractivity (Wildman–Crippen MR) is 57.3 cm³/mol. The molecule has 0 spiro atoms. The van der Waals surface area contributed by atoms with E-state index in [2.05, 4.69) is 38.8 Å². The summed E-state index contributed by atoms with van der Waals surface area (Å²) in [4.78, 5) is 0. The highest BCUT2D eigenvalue weighted by atomic mass is 79.9. The first kappa shape index (κ1) is 10.1. The summed E-state index contributed by atoms with van der Waals surface area (Å²) in [5.74, 6) is 0.863. The molecule has 0 N–H and O–H groups in total. The van der Waals surface area contributed by atoms with Crippen molar-refractivity contribution in [1.82, 2.24) is 0 Å². The van der Waals surface area contributed by atoms with Gasteiger partial charge < -0.3 is 4.74 Å². The van der Waals surface area contributed by atoms with E-state index in [1.807, 2.05) is 18.2 Å². The number of benzene rings is 1. The molecule has 1 nitrogen and oxygen atoms in total. The molecule has 1 aromatic rings. The fourth-order valence-electron chi connectivity index (χ4n) is 0.774. The predicted octanol–water partition coefficient (Wildman–Crippen LogP) is 3.81. The number of hydrogen-bond donors (Lipinski definition) is 0. The maximum Gasteiger partial charge on any atom is 0.133 e. The van der Waals surface area contributed by atoms with E-state index in [9.17, 15) is 0 Å². The molecule has 0 unspecified atom stereocenters. The van der Waals surface area contributed by atoms with Crippen molar-refractivity contribution in [3.8, 4) is 5.75 Å². The van der Waals surface area contributed by atoms with Crippen molar-refractivity contribution in [3.05, 3.63) is 34.1 Å². The van der Waals surface area contributed by atoms with Crippen LogP contribution in [0.5, 0.6) is 5.75 Å². The summed E-state index contributed by atoms with van der Waals surface area (Å²) in [6.45, 7) is 4.35. The monoisotopic (exact) mass is 291 g/mol. The Morgan fingerprint density at radius 1 is 1.33 bits per heavy atom. The van der Waals surface area contributed by atoms with E-state index in [4.69, 9.17) is 4.74 Å². The lowest BCUT2D eigenvalue weighted by Crippen LogP contribution is -1.95. The normalized spacial score (nSPS) is 9.92. The highest BCUT2D eigenvalue weighted by Gasteiger charge is 1.99. The summed E-state index contributed by atoms with van der Waals surface area (Å²) in [6.07, 6.45) is 0.780. The van der Waals surface area contributed by atoms with Gasteiger partial charge in [-0.3, -0.25) is 0 Å². The lowest BCUT2D eigenvalue weighted by atomic mass is 10.3. The Morgan fingerprint density at radius 3 is 2.67 bits per heavy atom. The lowest BCUT2D eigenvalue weighted by Gasteiger charge is -2.06. The third-order valence-corrected chi connectivity index (χ3v) is 2.41. The first-order valence-electron chi connectivity index (χ1n) is 3.61. The van der Waals surface area contributed by atoms with E-state index in [1.54, 1.807) is 0 Å². The van der Waals surface area contributed by atoms with Gasteiger partial charge >= 0.3 is 0 Å². The van der Waals surface area contributed by atoms with Gasteiger partial charge in [-0.25, -0.2) is 0 Å². The van der Waals surface area contributed by atoms with Crippen LogP contribution in [0.25, 0.3) is 0 Å². The van der Waals surface area contributed by atoms with Crippen LogP contribution in [0.15, 0.2) is 27.1 Å². The Kier molecular flexibility index (Phi) is 4.09. The van der Waals surface area contributed by atoms with Crippen molar-refractivity contribution in [2.75, 3.05) is 6.61 Å². The highest BCUT2D eigenvalue weighted by molar-refractivity contribution is 9.11. The second-order valence-corrected chi connectivity index (χ2v) is 4.05. The minimum absolute atomic E-state index is 0.653. The summed E-state index contributed by atoms with van der Waals surface area (Å²) in [5.41, 5.74) is 0. The molecule has 0 bridgehead atoms. The zero-order chi connectivity index (χ0) is 8.97. The topological polar surface area (TPSA) is 9.23 Å². The molecule has 3 heteroatoms. The standard InChI is InChI=1S/C9H9Br2O/c1-2-5-12-9-4-3-7(10)6-8(9)11/h3-4,6H,1-2,5H2. The van der Waals surface area contributed by atoms with E-state index in [1.165, 1.54) is 0 Å².